The lowest BCUT2D eigenvalue weighted by Gasteiger charge is -2.29. The van der Waals surface area contributed by atoms with Gasteiger partial charge in [-0.25, -0.2) is 4.99 Å². The minimum absolute atomic E-state index is 0.119. The number of rotatable bonds is 4. The number of pyridine rings is 1. The zero-order chi connectivity index (χ0) is 16.4. The Morgan fingerprint density at radius 2 is 2.00 bits per heavy atom. The van der Waals surface area contributed by atoms with E-state index in [1.165, 1.54) is 16.7 Å². The van der Waals surface area contributed by atoms with Crippen LogP contribution in [-0.4, -0.2) is 22.5 Å². The van der Waals surface area contributed by atoms with Gasteiger partial charge in [0.1, 0.15) is 11.6 Å². The van der Waals surface area contributed by atoms with Gasteiger partial charge in [-0.15, -0.1) is 0 Å². The van der Waals surface area contributed by atoms with Crippen molar-refractivity contribution in [2.45, 2.75) is 52.2 Å². The second-order valence-corrected chi connectivity index (χ2v) is 6.36. The first-order valence-electron chi connectivity index (χ1n) is 8.28. The van der Waals surface area contributed by atoms with Crippen LogP contribution in [0.25, 0.3) is 11.1 Å². The molecule has 0 unspecified atom stereocenters. The molecule has 0 radical (unpaired) electrons. The summed E-state index contributed by atoms with van der Waals surface area (Å²) >= 11 is 0. The fourth-order valence-electron chi connectivity index (χ4n) is 3.51. The third kappa shape index (κ3) is 2.88. The maximum absolute atomic E-state index is 5.83. The van der Waals surface area contributed by atoms with Gasteiger partial charge in [0.15, 0.2) is 5.90 Å². The van der Waals surface area contributed by atoms with Crippen molar-refractivity contribution in [3.05, 3.63) is 53.9 Å². The van der Waals surface area contributed by atoms with Gasteiger partial charge in [-0.05, 0) is 43.0 Å². The third-order valence-electron chi connectivity index (χ3n) is 5.01. The molecule has 1 aliphatic heterocycles. The molecule has 0 aliphatic carbocycles. The molecule has 2 aromatic rings. The van der Waals surface area contributed by atoms with E-state index in [1.54, 1.807) is 0 Å². The van der Waals surface area contributed by atoms with E-state index in [1.807, 2.05) is 25.4 Å². The van der Waals surface area contributed by atoms with Crippen LogP contribution in [0.2, 0.25) is 0 Å². The predicted molar refractivity (Wildman–Crippen MR) is 94.8 cm³/mol. The van der Waals surface area contributed by atoms with Crippen LogP contribution in [0.3, 0.4) is 0 Å². The summed E-state index contributed by atoms with van der Waals surface area (Å²) in [4.78, 5) is 9.09. The summed E-state index contributed by atoms with van der Waals surface area (Å²) in [5.41, 5.74) is 4.90. The molecule has 0 spiro atoms. The number of nitrogens with zero attached hydrogens (tertiary/aromatic N) is 2. The zero-order valence-corrected chi connectivity index (χ0v) is 14.3. The third-order valence-corrected chi connectivity index (χ3v) is 5.01. The van der Waals surface area contributed by atoms with Gasteiger partial charge in [0.25, 0.3) is 0 Å². The maximum Gasteiger partial charge on any atom is 0.181 e. The number of benzene rings is 1. The standard InChI is InChI=1S/C20H24N2O/c1-5-20(15(3)23-16(4)22-20)12-17-8-6-10-19(14(17)2)18-9-7-11-21-13-18/h6-11,13,15H,5,12H2,1-4H3/t15-,20+/m1/s1. The highest BCUT2D eigenvalue weighted by molar-refractivity contribution is 5.76. The van der Waals surface area contributed by atoms with E-state index >= 15 is 0 Å². The van der Waals surface area contributed by atoms with Crippen molar-refractivity contribution in [2.75, 3.05) is 0 Å². The number of hydrogen-bond donors (Lipinski definition) is 0. The highest BCUT2D eigenvalue weighted by Crippen LogP contribution is 2.35. The van der Waals surface area contributed by atoms with Crippen LogP contribution >= 0.6 is 0 Å². The van der Waals surface area contributed by atoms with Crippen molar-refractivity contribution in [1.29, 1.82) is 0 Å². The van der Waals surface area contributed by atoms with Gasteiger partial charge in [0.05, 0.1) is 0 Å². The molecule has 0 fully saturated rings. The second-order valence-electron chi connectivity index (χ2n) is 6.36. The van der Waals surface area contributed by atoms with Crippen molar-refractivity contribution >= 4 is 5.90 Å². The molecule has 23 heavy (non-hydrogen) atoms. The number of aliphatic imine (C=N–C) groups is 1. The molecular formula is C20H24N2O. The number of hydrogen-bond acceptors (Lipinski definition) is 3. The number of aromatic nitrogens is 1. The first-order chi connectivity index (χ1) is 11.1. The fourth-order valence-corrected chi connectivity index (χ4v) is 3.51. The molecule has 3 heteroatoms. The first kappa shape index (κ1) is 15.7. The lowest BCUT2D eigenvalue weighted by Crippen LogP contribution is -2.38. The van der Waals surface area contributed by atoms with Crippen molar-refractivity contribution < 1.29 is 4.74 Å². The van der Waals surface area contributed by atoms with Gasteiger partial charge in [-0.3, -0.25) is 4.98 Å². The van der Waals surface area contributed by atoms with Crippen LogP contribution in [-0.2, 0) is 11.2 Å². The SMILES string of the molecule is CC[C@@]1(Cc2cccc(-c3cccnc3)c2C)N=C(C)O[C@@H]1C. The largest absolute Gasteiger partial charge is 0.476 e. The Morgan fingerprint density at radius 1 is 1.17 bits per heavy atom. The van der Waals surface area contributed by atoms with E-state index in [2.05, 4.69) is 50.0 Å². The minimum Gasteiger partial charge on any atom is -0.476 e. The smallest absolute Gasteiger partial charge is 0.181 e. The molecular weight excluding hydrogens is 284 g/mol. The van der Waals surface area contributed by atoms with Crippen LogP contribution in [0, 0.1) is 6.92 Å². The summed E-state index contributed by atoms with van der Waals surface area (Å²) in [5, 5.41) is 0. The van der Waals surface area contributed by atoms with E-state index in [0.717, 1.165) is 24.3 Å². The van der Waals surface area contributed by atoms with Crippen LogP contribution in [0.1, 0.15) is 38.3 Å². The fraction of sp³-hybridized carbons (Fsp3) is 0.400. The molecule has 0 saturated heterocycles. The topological polar surface area (TPSA) is 34.5 Å². The summed E-state index contributed by atoms with van der Waals surface area (Å²) in [5.74, 6) is 0.806. The quantitative estimate of drug-likeness (QED) is 0.828. The van der Waals surface area contributed by atoms with E-state index in [4.69, 9.17) is 9.73 Å². The van der Waals surface area contributed by atoms with Crippen LogP contribution in [0.5, 0.6) is 0 Å². The maximum atomic E-state index is 5.83. The highest BCUT2D eigenvalue weighted by Gasteiger charge is 2.41. The van der Waals surface area contributed by atoms with E-state index in [9.17, 15) is 0 Å². The second kappa shape index (κ2) is 6.15. The van der Waals surface area contributed by atoms with E-state index in [0.29, 0.717) is 0 Å². The monoisotopic (exact) mass is 308 g/mol. The van der Waals surface area contributed by atoms with Crippen molar-refractivity contribution in [2.24, 2.45) is 4.99 Å². The average Bonchev–Trinajstić information content (AvgIpc) is 2.84. The first-order valence-corrected chi connectivity index (χ1v) is 8.28. The molecule has 3 rings (SSSR count). The molecule has 0 amide bonds. The Morgan fingerprint density at radius 3 is 2.61 bits per heavy atom. The van der Waals surface area contributed by atoms with Crippen LogP contribution in [0.15, 0.2) is 47.7 Å². The normalized spacial score (nSPS) is 23.5. The summed E-state index contributed by atoms with van der Waals surface area (Å²) in [6.45, 7) is 8.47. The summed E-state index contributed by atoms with van der Waals surface area (Å²) in [6.07, 6.45) is 5.73. The van der Waals surface area contributed by atoms with Gasteiger partial charge in [0, 0.05) is 31.3 Å². The Balaban J connectivity index is 1.99. The lowest BCUT2D eigenvalue weighted by atomic mass is 9.82. The molecule has 1 aromatic heterocycles. The molecule has 3 nitrogen and oxygen atoms in total. The van der Waals surface area contributed by atoms with Crippen molar-refractivity contribution in [1.82, 2.24) is 4.98 Å². The van der Waals surface area contributed by atoms with Gasteiger partial charge < -0.3 is 4.74 Å². The Bertz CT molecular complexity index is 724. The van der Waals surface area contributed by atoms with Gasteiger partial charge in [-0.2, -0.15) is 0 Å². The minimum atomic E-state index is -0.150. The Hall–Kier alpha value is -2.16. The number of ether oxygens (including phenoxy) is 1. The molecule has 1 aliphatic rings. The predicted octanol–water partition coefficient (Wildman–Crippen LogP) is 4.59. The lowest BCUT2D eigenvalue weighted by molar-refractivity contribution is 0.148. The molecule has 2 heterocycles. The Labute approximate surface area is 138 Å². The molecule has 0 bridgehead atoms. The zero-order valence-electron chi connectivity index (χ0n) is 14.3. The van der Waals surface area contributed by atoms with Crippen molar-refractivity contribution in [3.63, 3.8) is 0 Å². The summed E-state index contributed by atoms with van der Waals surface area (Å²) in [7, 11) is 0. The van der Waals surface area contributed by atoms with Crippen LogP contribution < -0.4 is 0 Å². The van der Waals surface area contributed by atoms with Crippen molar-refractivity contribution in [3.8, 4) is 11.1 Å². The average molecular weight is 308 g/mol. The highest BCUT2D eigenvalue weighted by atomic mass is 16.5. The molecule has 0 N–H and O–H groups in total. The van der Waals surface area contributed by atoms with Crippen LogP contribution in [0.4, 0.5) is 0 Å². The molecule has 120 valence electrons. The van der Waals surface area contributed by atoms with E-state index in [-0.39, 0.29) is 11.6 Å². The molecule has 2 atom stereocenters. The summed E-state index contributed by atoms with van der Waals surface area (Å²) < 4.78 is 5.83. The van der Waals surface area contributed by atoms with E-state index < -0.39 is 0 Å². The molecule has 1 aromatic carbocycles. The molecule has 0 saturated carbocycles. The van der Waals surface area contributed by atoms with Gasteiger partial charge in [-0.1, -0.05) is 31.2 Å². The Kier molecular flexibility index (Phi) is 4.20. The summed E-state index contributed by atoms with van der Waals surface area (Å²) in [6, 6.07) is 10.6. The van der Waals surface area contributed by atoms with Gasteiger partial charge >= 0.3 is 0 Å². The van der Waals surface area contributed by atoms with Gasteiger partial charge in [0.2, 0.25) is 0 Å².